The Morgan fingerprint density at radius 2 is 2.12 bits per heavy atom. The van der Waals surface area contributed by atoms with Gasteiger partial charge in [0.05, 0.1) is 5.92 Å². The minimum absolute atomic E-state index is 0.0562. The second-order valence-corrected chi connectivity index (χ2v) is 4.14. The van der Waals surface area contributed by atoms with Gasteiger partial charge in [0.15, 0.2) is 0 Å². The van der Waals surface area contributed by atoms with Crippen molar-refractivity contribution in [3.63, 3.8) is 0 Å². The molecule has 1 heterocycles. The first-order valence-corrected chi connectivity index (χ1v) is 5.46. The molecule has 1 amide bonds. The molecule has 1 fully saturated rings. The van der Waals surface area contributed by atoms with Gasteiger partial charge in [0.2, 0.25) is 5.91 Å². The van der Waals surface area contributed by atoms with Gasteiger partial charge in [-0.2, -0.15) is 0 Å². The SMILES string of the molecule is O=C1CC(C(=O)O)CN(Cc2ccccc2)N1. The number of nitrogens with one attached hydrogen (secondary N) is 1. The Balaban J connectivity index is 2.01. The van der Waals surface area contributed by atoms with Crippen LogP contribution in [-0.4, -0.2) is 28.5 Å². The van der Waals surface area contributed by atoms with E-state index in [9.17, 15) is 9.59 Å². The van der Waals surface area contributed by atoms with Crippen molar-refractivity contribution in [3.05, 3.63) is 35.9 Å². The molecular weight excluding hydrogens is 220 g/mol. The molecule has 1 aromatic rings. The first-order valence-electron chi connectivity index (χ1n) is 5.46. The van der Waals surface area contributed by atoms with Gasteiger partial charge in [-0.05, 0) is 5.56 Å². The average Bonchev–Trinajstić information content (AvgIpc) is 2.29. The lowest BCUT2D eigenvalue weighted by Crippen LogP contribution is -2.51. The molecule has 1 aliphatic heterocycles. The van der Waals surface area contributed by atoms with Gasteiger partial charge in [0.25, 0.3) is 0 Å². The summed E-state index contributed by atoms with van der Waals surface area (Å²) in [6, 6.07) is 9.62. The van der Waals surface area contributed by atoms with E-state index in [1.54, 1.807) is 5.01 Å². The van der Waals surface area contributed by atoms with Crippen molar-refractivity contribution >= 4 is 11.9 Å². The Hall–Kier alpha value is -1.88. The standard InChI is InChI=1S/C12H14N2O3/c15-11-6-10(12(16)17)8-14(13-11)7-9-4-2-1-3-5-9/h1-5,10H,6-8H2,(H,13,15)(H,16,17). The Kier molecular flexibility index (Phi) is 3.39. The highest BCUT2D eigenvalue weighted by Crippen LogP contribution is 2.13. The minimum Gasteiger partial charge on any atom is -0.481 e. The van der Waals surface area contributed by atoms with Crippen molar-refractivity contribution in [1.82, 2.24) is 10.4 Å². The second-order valence-electron chi connectivity index (χ2n) is 4.14. The number of benzene rings is 1. The molecule has 1 aliphatic rings. The summed E-state index contributed by atoms with van der Waals surface area (Å²) in [6.45, 7) is 0.867. The number of nitrogens with zero attached hydrogens (tertiary/aromatic N) is 1. The maximum atomic E-state index is 11.4. The van der Waals surface area contributed by atoms with Crippen molar-refractivity contribution in [2.45, 2.75) is 13.0 Å². The molecule has 2 N–H and O–H groups in total. The van der Waals surface area contributed by atoms with E-state index < -0.39 is 11.9 Å². The molecular formula is C12H14N2O3. The highest BCUT2D eigenvalue weighted by Gasteiger charge is 2.29. The van der Waals surface area contributed by atoms with Crippen LogP contribution in [0.25, 0.3) is 0 Å². The van der Waals surface area contributed by atoms with Crippen LogP contribution in [0.4, 0.5) is 0 Å². The molecule has 90 valence electrons. The molecule has 1 atom stereocenters. The fourth-order valence-electron chi connectivity index (χ4n) is 1.90. The van der Waals surface area contributed by atoms with Gasteiger partial charge in [-0.15, -0.1) is 0 Å². The number of amides is 1. The molecule has 0 bridgehead atoms. The average molecular weight is 234 g/mol. The number of hydrogen-bond donors (Lipinski definition) is 2. The lowest BCUT2D eigenvalue weighted by atomic mass is 10.0. The summed E-state index contributed by atoms with van der Waals surface area (Å²) >= 11 is 0. The van der Waals surface area contributed by atoms with E-state index in [4.69, 9.17) is 5.11 Å². The largest absolute Gasteiger partial charge is 0.481 e. The molecule has 5 heteroatoms. The maximum absolute atomic E-state index is 11.4. The number of hydrogen-bond acceptors (Lipinski definition) is 3. The zero-order valence-corrected chi connectivity index (χ0v) is 9.30. The third-order valence-electron chi connectivity index (χ3n) is 2.72. The zero-order valence-electron chi connectivity index (χ0n) is 9.30. The fourth-order valence-corrected chi connectivity index (χ4v) is 1.90. The van der Waals surface area contributed by atoms with E-state index in [1.807, 2.05) is 30.3 Å². The lowest BCUT2D eigenvalue weighted by Gasteiger charge is -2.30. The zero-order chi connectivity index (χ0) is 12.3. The molecule has 0 aromatic heterocycles. The van der Waals surface area contributed by atoms with Crippen LogP contribution in [0, 0.1) is 5.92 Å². The lowest BCUT2D eigenvalue weighted by molar-refractivity contribution is -0.149. The van der Waals surface area contributed by atoms with E-state index in [0.717, 1.165) is 5.56 Å². The van der Waals surface area contributed by atoms with Gasteiger partial charge in [-0.25, -0.2) is 5.01 Å². The number of carboxylic acids is 1. The van der Waals surface area contributed by atoms with E-state index in [2.05, 4.69) is 5.43 Å². The van der Waals surface area contributed by atoms with Gasteiger partial charge >= 0.3 is 5.97 Å². The summed E-state index contributed by atoms with van der Waals surface area (Å²) in [6.07, 6.45) is 0.0562. The summed E-state index contributed by atoms with van der Waals surface area (Å²) < 4.78 is 0. The van der Waals surface area contributed by atoms with Crippen LogP contribution >= 0.6 is 0 Å². The first kappa shape index (κ1) is 11.6. The first-order chi connectivity index (χ1) is 8.15. The highest BCUT2D eigenvalue weighted by atomic mass is 16.4. The molecule has 0 aliphatic carbocycles. The predicted molar refractivity (Wildman–Crippen MR) is 60.7 cm³/mol. The Bertz CT molecular complexity index is 419. The highest BCUT2D eigenvalue weighted by molar-refractivity contribution is 5.83. The number of carboxylic acid groups (broad SMARTS) is 1. The van der Waals surface area contributed by atoms with E-state index in [-0.39, 0.29) is 12.3 Å². The van der Waals surface area contributed by atoms with Crippen LogP contribution < -0.4 is 5.43 Å². The second kappa shape index (κ2) is 4.97. The number of hydrazine groups is 1. The van der Waals surface area contributed by atoms with E-state index in [0.29, 0.717) is 13.1 Å². The van der Waals surface area contributed by atoms with Gasteiger partial charge in [-0.1, -0.05) is 30.3 Å². The molecule has 2 rings (SSSR count). The fraction of sp³-hybridized carbons (Fsp3) is 0.333. The minimum atomic E-state index is -0.919. The van der Waals surface area contributed by atoms with Crippen molar-refractivity contribution in [2.24, 2.45) is 5.92 Å². The van der Waals surface area contributed by atoms with Crippen molar-refractivity contribution in [1.29, 1.82) is 0 Å². The molecule has 1 saturated heterocycles. The molecule has 5 nitrogen and oxygen atoms in total. The predicted octanol–water partition coefficient (Wildman–Crippen LogP) is 0.624. The van der Waals surface area contributed by atoms with Gasteiger partial charge < -0.3 is 5.11 Å². The summed E-state index contributed by atoms with van der Waals surface area (Å²) in [5, 5.41) is 10.6. The smallest absolute Gasteiger partial charge is 0.308 e. The molecule has 1 unspecified atom stereocenters. The summed E-state index contributed by atoms with van der Waals surface area (Å²) in [4.78, 5) is 22.3. The van der Waals surface area contributed by atoms with E-state index in [1.165, 1.54) is 0 Å². The molecule has 0 radical (unpaired) electrons. The van der Waals surface area contributed by atoms with Gasteiger partial charge in [-0.3, -0.25) is 15.0 Å². The Morgan fingerprint density at radius 1 is 1.41 bits per heavy atom. The summed E-state index contributed by atoms with van der Waals surface area (Å²) in [7, 11) is 0. The summed E-state index contributed by atoms with van der Waals surface area (Å²) in [5.74, 6) is -1.77. The molecule has 17 heavy (non-hydrogen) atoms. The van der Waals surface area contributed by atoms with Crippen LogP contribution in [0.2, 0.25) is 0 Å². The monoisotopic (exact) mass is 234 g/mol. The van der Waals surface area contributed by atoms with Crippen LogP contribution in [0.1, 0.15) is 12.0 Å². The van der Waals surface area contributed by atoms with Crippen molar-refractivity contribution in [2.75, 3.05) is 6.54 Å². The Morgan fingerprint density at radius 3 is 2.76 bits per heavy atom. The number of aliphatic carboxylic acids is 1. The van der Waals surface area contributed by atoms with Crippen LogP contribution in [0.5, 0.6) is 0 Å². The van der Waals surface area contributed by atoms with Gasteiger partial charge in [0.1, 0.15) is 0 Å². The summed E-state index contributed by atoms with van der Waals surface area (Å²) in [5.41, 5.74) is 3.72. The number of rotatable bonds is 3. The normalized spacial score (nSPS) is 20.9. The van der Waals surface area contributed by atoms with Gasteiger partial charge in [0, 0.05) is 19.5 Å². The van der Waals surface area contributed by atoms with Crippen LogP contribution in [-0.2, 0) is 16.1 Å². The quantitative estimate of drug-likeness (QED) is 0.804. The third kappa shape index (κ3) is 3.04. The van der Waals surface area contributed by atoms with E-state index >= 15 is 0 Å². The van der Waals surface area contributed by atoms with Crippen LogP contribution in [0.3, 0.4) is 0 Å². The molecule has 1 aromatic carbocycles. The van der Waals surface area contributed by atoms with Crippen molar-refractivity contribution < 1.29 is 14.7 Å². The third-order valence-corrected chi connectivity index (χ3v) is 2.72. The maximum Gasteiger partial charge on any atom is 0.308 e. The number of carbonyl (C=O) groups is 2. The molecule has 0 saturated carbocycles. The molecule has 0 spiro atoms. The van der Waals surface area contributed by atoms with Crippen LogP contribution in [0.15, 0.2) is 30.3 Å². The topological polar surface area (TPSA) is 69.6 Å². The number of carbonyl (C=O) groups excluding carboxylic acids is 1. The van der Waals surface area contributed by atoms with Crippen molar-refractivity contribution in [3.8, 4) is 0 Å². The Labute approximate surface area is 99.0 Å².